The molecule has 2 rings (SSSR count). The minimum Gasteiger partial charge on any atom is -0.375 e. The van der Waals surface area contributed by atoms with E-state index in [2.05, 4.69) is 32.9 Å². The smallest absolute Gasteiger partial charge is 0.275 e. The van der Waals surface area contributed by atoms with Crippen molar-refractivity contribution in [3.8, 4) is 0 Å². The number of nitrogens with zero attached hydrogens (tertiary/aromatic N) is 1. The number of carbonyl (C=O) groups excluding carboxylic acids is 1. The van der Waals surface area contributed by atoms with E-state index in [1.54, 1.807) is 5.38 Å². The number of nitrogens with two attached hydrogens (primary N) is 1. The van der Waals surface area contributed by atoms with Gasteiger partial charge in [0.2, 0.25) is 0 Å². The van der Waals surface area contributed by atoms with E-state index >= 15 is 0 Å². The number of nitrogen functional groups attached to an aromatic ring is 1. The Labute approximate surface area is 116 Å². The lowest BCUT2D eigenvalue weighted by Crippen LogP contribution is -2.13. The lowest BCUT2D eigenvalue weighted by atomic mass is 10.2. The van der Waals surface area contributed by atoms with Crippen LogP contribution in [0.2, 0.25) is 0 Å². The number of halogens is 1. The first-order valence-corrected chi connectivity index (χ1v) is 6.80. The van der Waals surface area contributed by atoms with E-state index in [0.29, 0.717) is 10.8 Å². The van der Waals surface area contributed by atoms with E-state index in [0.717, 1.165) is 14.8 Å². The first kappa shape index (κ1) is 12.3. The predicted molar refractivity (Wildman–Crippen MR) is 78.4 cm³/mol. The molecule has 0 bridgehead atoms. The zero-order valence-electron chi connectivity index (χ0n) is 9.03. The molecule has 0 fully saturated rings. The molecule has 1 amide bonds. The van der Waals surface area contributed by atoms with Crippen molar-refractivity contribution in [3.63, 3.8) is 0 Å². The van der Waals surface area contributed by atoms with E-state index < -0.39 is 0 Å². The molecular formula is C11H10IN3OS. The molecule has 6 heteroatoms. The van der Waals surface area contributed by atoms with Gasteiger partial charge >= 0.3 is 0 Å². The van der Waals surface area contributed by atoms with Crippen molar-refractivity contribution in [1.82, 2.24) is 4.98 Å². The Kier molecular flexibility index (Phi) is 3.63. The minimum atomic E-state index is -0.234. The van der Waals surface area contributed by atoms with Gasteiger partial charge in [0.15, 0.2) is 5.13 Å². The van der Waals surface area contributed by atoms with Gasteiger partial charge in [-0.1, -0.05) is 0 Å². The van der Waals surface area contributed by atoms with Crippen molar-refractivity contribution in [2.75, 3.05) is 11.1 Å². The zero-order chi connectivity index (χ0) is 12.4. The molecule has 0 aliphatic rings. The monoisotopic (exact) mass is 359 g/mol. The Morgan fingerprint density at radius 3 is 2.88 bits per heavy atom. The number of nitrogens with one attached hydrogen (secondary N) is 1. The lowest BCUT2D eigenvalue weighted by molar-refractivity contribution is 0.102. The van der Waals surface area contributed by atoms with Crippen molar-refractivity contribution in [3.05, 3.63) is 38.4 Å². The standard InChI is InChI=1S/C11H10IN3OS/c1-6-4-7(12)2-3-8(6)14-10(16)9-5-17-11(13)15-9/h2-5H,1H3,(H2,13,15)(H,14,16). The number of hydrogen-bond acceptors (Lipinski definition) is 4. The van der Waals surface area contributed by atoms with Crippen molar-refractivity contribution in [2.45, 2.75) is 6.92 Å². The Morgan fingerprint density at radius 1 is 1.53 bits per heavy atom. The van der Waals surface area contributed by atoms with Crippen LogP contribution < -0.4 is 11.1 Å². The third-order valence-corrected chi connectivity index (χ3v) is 3.54. The van der Waals surface area contributed by atoms with E-state index in [1.165, 1.54) is 11.3 Å². The highest BCUT2D eigenvalue weighted by molar-refractivity contribution is 14.1. The second-order valence-corrected chi connectivity index (χ2v) is 5.62. The minimum absolute atomic E-state index is 0.234. The average Bonchev–Trinajstić information content (AvgIpc) is 2.69. The highest BCUT2D eigenvalue weighted by atomic mass is 127. The molecule has 4 nitrogen and oxygen atoms in total. The summed E-state index contributed by atoms with van der Waals surface area (Å²) in [5, 5.41) is 4.86. The van der Waals surface area contributed by atoms with Crippen molar-refractivity contribution < 1.29 is 4.79 Å². The number of aryl methyl sites for hydroxylation is 1. The molecule has 1 aromatic carbocycles. The first-order chi connectivity index (χ1) is 8.06. The third kappa shape index (κ3) is 2.95. The van der Waals surface area contributed by atoms with Gasteiger partial charge in [0, 0.05) is 14.6 Å². The summed E-state index contributed by atoms with van der Waals surface area (Å²) in [6.07, 6.45) is 0. The highest BCUT2D eigenvalue weighted by Gasteiger charge is 2.10. The number of benzene rings is 1. The summed E-state index contributed by atoms with van der Waals surface area (Å²) in [5.41, 5.74) is 7.65. The number of amides is 1. The van der Waals surface area contributed by atoms with Crippen LogP contribution in [-0.2, 0) is 0 Å². The average molecular weight is 359 g/mol. The maximum atomic E-state index is 11.8. The van der Waals surface area contributed by atoms with Gasteiger partial charge in [-0.15, -0.1) is 11.3 Å². The molecule has 0 saturated carbocycles. The number of hydrogen-bond donors (Lipinski definition) is 2. The summed E-state index contributed by atoms with van der Waals surface area (Å²) in [6, 6.07) is 5.83. The van der Waals surface area contributed by atoms with Gasteiger partial charge in [0.05, 0.1) is 0 Å². The Hall–Kier alpha value is -1.15. The maximum Gasteiger partial charge on any atom is 0.275 e. The Morgan fingerprint density at radius 2 is 2.29 bits per heavy atom. The molecule has 2 aromatic rings. The third-order valence-electron chi connectivity index (χ3n) is 2.19. The first-order valence-electron chi connectivity index (χ1n) is 4.85. The van der Waals surface area contributed by atoms with Crippen LogP contribution in [0, 0.1) is 10.5 Å². The molecule has 0 saturated heterocycles. The number of anilines is 2. The molecule has 0 atom stereocenters. The summed E-state index contributed by atoms with van der Waals surface area (Å²) in [6.45, 7) is 1.95. The van der Waals surface area contributed by atoms with Gasteiger partial charge in [-0.3, -0.25) is 4.79 Å². The molecule has 1 heterocycles. The van der Waals surface area contributed by atoms with Crippen molar-refractivity contribution in [2.24, 2.45) is 0 Å². The van der Waals surface area contributed by atoms with E-state index in [1.807, 2.05) is 25.1 Å². The van der Waals surface area contributed by atoms with Crippen LogP contribution >= 0.6 is 33.9 Å². The largest absolute Gasteiger partial charge is 0.375 e. The highest BCUT2D eigenvalue weighted by Crippen LogP contribution is 2.19. The summed E-state index contributed by atoms with van der Waals surface area (Å²) in [5.74, 6) is -0.234. The zero-order valence-corrected chi connectivity index (χ0v) is 12.0. The quantitative estimate of drug-likeness (QED) is 0.811. The van der Waals surface area contributed by atoms with Gasteiger partial charge in [-0.05, 0) is 53.3 Å². The molecule has 0 aliphatic carbocycles. The molecule has 0 unspecified atom stereocenters. The SMILES string of the molecule is Cc1cc(I)ccc1NC(=O)c1csc(N)n1. The van der Waals surface area contributed by atoms with Crippen LogP contribution in [0.15, 0.2) is 23.6 Å². The van der Waals surface area contributed by atoms with Crippen LogP contribution in [0.4, 0.5) is 10.8 Å². The van der Waals surface area contributed by atoms with Gasteiger partial charge < -0.3 is 11.1 Å². The number of rotatable bonds is 2. The molecule has 3 N–H and O–H groups in total. The van der Waals surface area contributed by atoms with Crippen LogP contribution in [0.25, 0.3) is 0 Å². The second kappa shape index (κ2) is 5.01. The van der Waals surface area contributed by atoms with Gasteiger partial charge in [0.1, 0.15) is 5.69 Å². The fourth-order valence-electron chi connectivity index (χ4n) is 1.35. The molecule has 0 aliphatic heterocycles. The normalized spacial score (nSPS) is 10.2. The van der Waals surface area contributed by atoms with Crippen molar-refractivity contribution in [1.29, 1.82) is 0 Å². The van der Waals surface area contributed by atoms with Gasteiger partial charge in [0.25, 0.3) is 5.91 Å². The van der Waals surface area contributed by atoms with Crippen LogP contribution in [0.3, 0.4) is 0 Å². The predicted octanol–water partition coefficient (Wildman–Crippen LogP) is 2.89. The fraction of sp³-hybridized carbons (Fsp3) is 0.0909. The summed E-state index contributed by atoms with van der Waals surface area (Å²) >= 11 is 3.49. The summed E-state index contributed by atoms with van der Waals surface area (Å²) in [7, 11) is 0. The molecule has 88 valence electrons. The summed E-state index contributed by atoms with van der Waals surface area (Å²) in [4.78, 5) is 15.8. The number of aromatic nitrogens is 1. The molecule has 1 aromatic heterocycles. The Balaban J connectivity index is 2.18. The van der Waals surface area contributed by atoms with Crippen LogP contribution in [-0.4, -0.2) is 10.9 Å². The maximum absolute atomic E-state index is 11.8. The Bertz CT molecular complexity index is 568. The van der Waals surface area contributed by atoms with E-state index in [4.69, 9.17) is 5.73 Å². The second-order valence-electron chi connectivity index (χ2n) is 3.48. The van der Waals surface area contributed by atoms with E-state index in [-0.39, 0.29) is 5.91 Å². The lowest BCUT2D eigenvalue weighted by Gasteiger charge is -2.07. The number of thiazole rings is 1. The number of carbonyl (C=O) groups is 1. The van der Waals surface area contributed by atoms with Gasteiger partial charge in [-0.2, -0.15) is 0 Å². The summed E-state index contributed by atoms with van der Waals surface area (Å²) < 4.78 is 1.14. The van der Waals surface area contributed by atoms with Gasteiger partial charge in [-0.25, -0.2) is 4.98 Å². The fourth-order valence-corrected chi connectivity index (χ4v) is 2.54. The molecule has 0 spiro atoms. The molecular weight excluding hydrogens is 349 g/mol. The molecule has 0 radical (unpaired) electrons. The molecule has 17 heavy (non-hydrogen) atoms. The van der Waals surface area contributed by atoms with E-state index in [9.17, 15) is 4.79 Å². The topological polar surface area (TPSA) is 68.0 Å². The van der Waals surface area contributed by atoms with Crippen LogP contribution in [0.1, 0.15) is 16.1 Å². The van der Waals surface area contributed by atoms with Crippen LogP contribution in [0.5, 0.6) is 0 Å². The van der Waals surface area contributed by atoms with Crippen molar-refractivity contribution >= 4 is 50.7 Å².